The summed E-state index contributed by atoms with van der Waals surface area (Å²) in [5.74, 6) is 0.706. The fourth-order valence-corrected chi connectivity index (χ4v) is 10.8. The highest BCUT2D eigenvalue weighted by atomic mass is 28.4. The van der Waals surface area contributed by atoms with Gasteiger partial charge in [-0.05, 0) is 54.8 Å². The molecule has 1 heterocycles. The van der Waals surface area contributed by atoms with Gasteiger partial charge in [-0.15, -0.1) is 0 Å². The third-order valence-corrected chi connectivity index (χ3v) is 12.6. The van der Waals surface area contributed by atoms with Crippen molar-refractivity contribution in [3.8, 4) is 0 Å². The lowest BCUT2D eigenvalue weighted by atomic mass is 9.86. The largest absolute Gasteiger partial charge is 0.416 e. The molecule has 0 spiro atoms. The van der Waals surface area contributed by atoms with Gasteiger partial charge in [0.1, 0.15) is 0 Å². The summed E-state index contributed by atoms with van der Waals surface area (Å²) in [4.78, 5) is 0. The molecule has 0 saturated heterocycles. The van der Waals surface area contributed by atoms with Gasteiger partial charge >= 0.3 is 0 Å². The van der Waals surface area contributed by atoms with E-state index >= 15 is 0 Å². The zero-order chi connectivity index (χ0) is 19.3. The second-order valence-electron chi connectivity index (χ2n) is 9.23. The first-order chi connectivity index (χ1) is 12.3. The van der Waals surface area contributed by atoms with Crippen LogP contribution in [0.2, 0.25) is 16.6 Å². The highest BCUT2D eigenvalue weighted by Gasteiger charge is 2.45. The van der Waals surface area contributed by atoms with Gasteiger partial charge in [0.05, 0.1) is 5.69 Å². The number of hydrogen-bond acceptors (Lipinski definition) is 2. The van der Waals surface area contributed by atoms with E-state index in [0.29, 0.717) is 28.6 Å². The predicted octanol–water partition coefficient (Wildman–Crippen LogP) is 6.67. The number of aromatic nitrogens is 1. The zero-order valence-electron chi connectivity index (χ0n) is 18.2. The van der Waals surface area contributed by atoms with Crippen LogP contribution < -0.4 is 5.32 Å². The van der Waals surface area contributed by atoms with E-state index in [4.69, 9.17) is 4.43 Å². The molecule has 0 aromatic carbocycles. The molecule has 1 aromatic rings. The van der Waals surface area contributed by atoms with Crippen molar-refractivity contribution in [1.29, 1.82) is 0 Å². The van der Waals surface area contributed by atoms with Crippen LogP contribution in [0.15, 0.2) is 18.5 Å². The SMILES string of the molecule is CCn1ccc(N[C@@H]2CCC[C@@H](CO[Si](C(C)C)(C(C)C)C(C)C)C2)c1. The van der Waals surface area contributed by atoms with Crippen LogP contribution in [0.4, 0.5) is 5.69 Å². The van der Waals surface area contributed by atoms with Gasteiger partial charge in [-0.1, -0.05) is 48.0 Å². The molecule has 2 atom stereocenters. The van der Waals surface area contributed by atoms with Crippen LogP contribution in [0.5, 0.6) is 0 Å². The number of aryl methyl sites for hydroxylation is 1. The first-order valence-electron chi connectivity index (χ1n) is 10.9. The minimum Gasteiger partial charge on any atom is -0.416 e. The number of nitrogens with one attached hydrogen (secondary N) is 1. The van der Waals surface area contributed by atoms with Crippen molar-refractivity contribution in [1.82, 2.24) is 4.57 Å². The summed E-state index contributed by atoms with van der Waals surface area (Å²) in [6.07, 6.45) is 9.58. The summed E-state index contributed by atoms with van der Waals surface area (Å²) < 4.78 is 9.12. The molecule has 2 rings (SSSR count). The smallest absolute Gasteiger partial charge is 0.200 e. The Morgan fingerprint density at radius 2 is 1.77 bits per heavy atom. The normalized spacial score (nSPS) is 21.8. The van der Waals surface area contributed by atoms with Gasteiger partial charge in [0, 0.05) is 31.6 Å². The maximum absolute atomic E-state index is 6.88. The van der Waals surface area contributed by atoms with Crippen LogP contribution in [0.1, 0.15) is 74.1 Å². The molecule has 150 valence electrons. The summed E-state index contributed by atoms with van der Waals surface area (Å²) in [7, 11) is -1.73. The first kappa shape index (κ1) is 21.6. The molecule has 0 bridgehead atoms. The topological polar surface area (TPSA) is 26.2 Å². The minimum atomic E-state index is -1.73. The van der Waals surface area contributed by atoms with E-state index in [0.717, 1.165) is 13.2 Å². The Labute approximate surface area is 163 Å². The van der Waals surface area contributed by atoms with E-state index in [1.54, 1.807) is 0 Å². The average Bonchev–Trinajstić information content (AvgIpc) is 3.02. The van der Waals surface area contributed by atoms with Crippen molar-refractivity contribution in [3.63, 3.8) is 0 Å². The van der Waals surface area contributed by atoms with Gasteiger partial charge in [0.2, 0.25) is 0 Å². The Hall–Kier alpha value is -0.743. The molecule has 1 aliphatic carbocycles. The lowest BCUT2D eigenvalue weighted by molar-refractivity contribution is 0.182. The molecule has 1 aromatic heterocycles. The van der Waals surface area contributed by atoms with Gasteiger partial charge in [-0.25, -0.2) is 0 Å². The highest BCUT2D eigenvalue weighted by molar-refractivity contribution is 6.77. The zero-order valence-corrected chi connectivity index (χ0v) is 19.2. The van der Waals surface area contributed by atoms with E-state index in [1.165, 1.54) is 31.4 Å². The van der Waals surface area contributed by atoms with Crippen molar-refractivity contribution in [2.75, 3.05) is 11.9 Å². The fourth-order valence-electron chi connectivity index (χ4n) is 5.29. The summed E-state index contributed by atoms with van der Waals surface area (Å²) in [5.41, 5.74) is 3.30. The maximum atomic E-state index is 6.88. The molecule has 0 unspecified atom stereocenters. The van der Waals surface area contributed by atoms with Crippen molar-refractivity contribution in [2.24, 2.45) is 5.92 Å². The van der Waals surface area contributed by atoms with Crippen LogP contribution in [-0.2, 0) is 11.0 Å². The van der Waals surface area contributed by atoms with E-state index in [9.17, 15) is 0 Å². The standard InChI is InChI=1S/C22H42N2OSi/c1-8-24-13-12-22(15-24)23-21-11-9-10-20(14-21)16-25-26(17(2)3,18(4)5)19(6)7/h12-13,15,17-21,23H,8-11,14,16H2,1-7H3/t20-,21-/m1/s1. The molecule has 0 radical (unpaired) electrons. The van der Waals surface area contributed by atoms with Gasteiger partial charge in [-0.3, -0.25) is 0 Å². The highest BCUT2D eigenvalue weighted by Crippen LogP contribution is 2.43. The number of nitrogens with zero attached hydrogens (tertiary/aromatic N) is 1. The Kier molecular flexibility index (Phi) is 7.84. The van der Waals surface area contributed by atoms with Gasteiger partial charge in [0.15, 0.2) is 8.32 Å². The first-order valence-corrected chi connectivity index (χ1v) is 13.0. The van der Waals surface area contributed by atoms with Crippen LogP contribution in [0.3, 0.4) is 0 Å². The third-order valence-electron chi connectivity index (χ3n) is 6.55. The van der Waals surface area contributed by atoms with Crippen molar-refractivity contribution in [3.05, 3.63) is 18.5 Å². The minimum absolute atomic E-state index is 0.596. The molecule has 4 heteroatoms. The second kappa shape index (κ2) is 9.45. The number of anilines is 1. The van der Waals surface area contributed by atoms with Crippen molar-refractivity contribution in [2.45, 2.75) is 103 Å². The van der Waals surface area contributed by atoms with Gasteiger partial charge in [0.25, 0.3) is 0 Å². The van der Waals surface area contributed by atoms with Crippen molar-refractivity contribution >= 4 is 14.0 Å². The molecule has 3 nitrogen and oxygen atoms in total. The van der Waals surface area contributed by atoms with Gasteiger partial charge < -0.3 is 14.3 Å². The van der Waals surface area contributed by atoms with Gasteiger partial charge in [-0.2, -0.15) is 0 Å². The van der Waals surface area contributed by atoms with Crippen LogP contribution >= 0.6 is 0 Å². The summed E-state index contributed by atoms with van der Waals surface area (Å²) >= 11 is 0. The monoisotopic (exact) mass is 378 g/mol. The maximum Gasteiger partial charge on any atom is 0.200 e. The number of rotatable bonds is 9. The Morgan fingerprint density at radius 3 is 2.31 bits per heavy atom. The second-order valence-corrected chi connectivity index (χ2v) is 14.7. The molecular weight excluding hydrogens is 336 g/mol. The quantitative estimate of drug-likeness (QED) is 0.486. The van der Waals surface area contributed by atoms with E-state index in [-0.39, 0.29) is 0 Å². The number of hydrogen-bond donors (Lipinski definition) is 1. The lowest BCUT2D eigenvalue weighted by Gasteiger charge is -2.43. The van der Waals surface area contributed by atoms with E-state index in [1.807, 2.05) is 0 Å². The molecule has 1 fully saturated rings. The lowest BCUT2D eigenvalue weighted by Crippen LogP contribution is -2.49. The van der Waals surface area contributed by atoms with Crippen LogP contribution in [-0.4, -0.2) is 25.5 Å². The average molecular weight is 379 g/mol. The molecule has 1 saturated carbocycles. The van der Waals surface area contributed by atoms with Crippen molar-refractivity contribution < 1.29 is 4.43 Å². The Bertz CT molecular complexity index is 516. The van der Waals surface area contributed by atoms with E-state index < -0.39 is 8.32 Å². The molecule has 26 heavy (non-hydrogen) atoms. The Morgan fingerprint density at radius 1 is 1.12 bits per heavy atom. The van der Waals surface area contributed by atoms with E-state index in [2.05, 4.69) is 76.8 Å². The van der Waals surface area contributed by atoms with Crippen LogP contribution in [0, 0.1) is 5.92 Å². The Balaban J connectivity index is 1.94. The third kappa shape index (κ3) is 4.95. The predicted molar refractivity (Wildman–Crippen MR) is 116 cm³/mol. The molecule has 0 aliphatic heterocycles. The fraction of sp³-hybridized carbons (Fsp3) is 0.818. The molecule has 1 aliphatic rings. The summed E-state index contributed by atoms with van der Waals surface area (Å²) in [6.45, 7) is 18.5. The summed E-state index contributed by atoms with van der Waals surface area (Å²) in [5, 5.41) is 3.77. The van der Waals surface area contributed by atoms with Crippen LogP contribution in [0.25, 0.3) is 0 Å². The summed E-state index contributed by atoms with van der Waals surface area (Å²) in [6, 6.07) is 2.80. The molecule has 0 amide bonds. The molecule has 1 N–H and O–H groups in total. The molecular formula is C22H42N2OSi.